The molecule has 0 saturated heterocycles. The molecule has 0 unspecified atom stereocenters. The van der Waals surface area contributed by atoms with Crippen LogP contribution in [0.15, 0.2) is 40.8 Å². The third-order valence-electron chi connectivity index (χ3n) is 1.60. The summed E-state index contributed by atoms with van der Waals surface area (Å²) in [6.45, 7) is 0. The smallest absolute Gasteiger partial charge is 0.130 e. The van der Waals surface area contributed by atoms with E-state index in [1.165, 1.54) is 11.8 Å². The van der Waals surface area contributed by atoms with Crippen LogP contribution in [0.5, 0.6) is 0 Å². The monoisotopic (exact) mass is 238 g/mol. The van der Waals surface area contributed by atoms with E-state index in [0.29, 0.717) is 15.9 Å². The lowest BCUT2D eigenvalue weighted by Crippen LogP contribution is -1.92. The van der Waals surface area contributed by atoms with Gasteiger partial charge in [-0.15, -0.1) is 0 Å². The lowest BCUT2D eigenvalue weighted by Gasteiger charge is -2.02. The topological polar surface area (TPSA) is 64.7 Å². The Bertz CT molecular complexity index is 463. The van der Waals surface area contributed by atoms with Gasteiger partial charge in [0.05, 0.1) is 11.9 Å². The predicted octanol–water partition coefficient (Wildman–Crippen LogP) is 2.26. The van der Waals surface area contributed by atoms with E-state index in [9.17, 15) is 0 Å². The molecule has 0 spiro atoms. The molecule has 0 radical (unpaired) electrons. The van der Waals surface area contributed by atoms with Crippen LogP contribution in [0.25, 0.3) is 0 Å². The second-order valence-electron chi connectivity index (χ2n) is 2.67. The Morgan fingerprint density at radius 3 is 2.87 bits per heavy atom. The molecule has 76 valence electrons. The Balaban J connectivity index is 2.28. The van der Waals surface area contributed by atoms with Crippen LogP contribution >= 0.6 is 23.4 Å². The summed E-state index contributed by atoms with van der Waals surface area (Å²) in [7, 11) is 0. The normalized spacial score (nSPS) is 10.2. The fraction of sp³-hybridized carbons (Fsp3) is 0. The number of halogens is 1. The standard InChI is InChI=1S/C9H7ClN4S/c10-7-2-1-6(11)9(14-7)15-8-5-12-3-4-13-8/h1-5H,11H2. The largest absolute Gasteiger partial charge is 0.397 e. The summed E-state index contributed by atoms with van der Waals surface area (Å²) in [5.74, 6) is 0. The molecule has 2 aromatic rings. The lowest BCUT2D eigenvalue weighted by molar-refractivity contribution is 1.04. The number of nitrogens with zero attached hydrogens (tertiary/aromatic N) is 3. The van der Waals surface area contributed by atoms with Gasteiger partial charge in [0.25, 0.3) is 0 Å². The van der Waals surface area contributed by atoms with Crippen LogP contribution in [0, 0.1) is 0 Å². The molecule has 0 aliphatic heterocycles. The van der Waals surface area contributed by atoms with E-state index in [1.807, 2.05) is 0 Å². The van der Waals surface area contributed by atoms with E-state index >= 15 is 0 Å². The van der Waals surface area contributed by atoms with Gasteiger partial charge in [0.1, 0.15) is 15.2 Å². The minimum Gasteiger partial charge on any atom is -0.397 e. The highest BCUT2D eigenvalue weighted by molar-refractivity contribution is 7.99. The van der Waals surface area contributed by atoms with E-state index in [4.69, 9.17) is 17.3 Å². The van der Waals surface area contributed by atoms with Gasteiger partial charge < -0.3 is 5.73 Å². The van der Waals surface area contributed by atoms with Gasteiger partial charge in [0.2, 0.25) is 0 Å². The van der Waals surface area contributed by atoms with Crippen LogP contribution in [-0.4, -0.2) is 15.0 Å². The second kappa shape index (κ2) is 4.46. The molecule has 0 saturated carbocycles. The molecule has 6 heteroatoms. The summed E-state index contributed by atoms with van der Waals surface area (Å²) in [6, 6.07) is 3.37. The number of anilines is 1. The molecule has 0 atom stereocenters. The van der Waals surface area contributed by atoms with Crippen LogP contribution < -0.4 is 5.73 Å². The van der Waals surface area contributed by atoms with Crippen molar-refractivity contribution in [3.63, 3.8) is 0 Å². The number of aromatic nitrogens is 3. The first-order valence-electron chi connectivity index (χ1n) is 4.11. The van der Waals surface area contributed by atoms with Gasteiger partial charge in [0, 0.05) is 12.4 Å². The van der Waals surface area contributed by atoms with Crippen LogP contribution in [0.3, 0.4) is 0 Å². The predicted molar refractivity (Wildman–Crippen MR) is 59.8 cm³/mol. The molecule has 2 N–H and O–H groups in total. The van der Waals surface area contributed by atoms with E-state index in [1.54, 1.807) is 30.7 Å². The minimum absolute atomic E-state index is 0.413. The average molecular weight is 239 g/mol. The highest BCUT2D eigenvalue weighted by atomic mass is 35.5. The van der Waals surface area contributed by atoms with Crippen molar-refractivity contribution in [2.45, 2.75) is 10.1 Å². The Hall–Kier alpha value is -1.33. The number of nitrogen functional groups attached to an aromatic ring is 1. The third-order valence-corrected chi connectivity index (χ3v) is 2.75. The molecule has 2 rings (SSSR count). The summed E-state index contributed by atoms with van der Waals surface area (Å²) in [5, 5.41) is 1.79. The molecule has 2 heterocycles. The number of nitrogens with two attached hydrogens (primary N) is 1. The summed E-state index contributed by atoms with van der Waals surface area (Å²) in [4.78, 5) is 12.2. The maximum Gasteiger partial charge on any atom is 0.130 e. The van der Waals surface area contributed by atoms with Gasteiger partial charge in [-0.05, 0) is 23.9 Å². The molecule has 0 bridgehead atoms. The Kier molecular flexibility index (Phi) is 3.03. The zero-order valence-corrected chi connectivity index (χ0v) is 9.16. The van der Waals surface area contributed by atoms with Crippen molar-refractivity contribution < 1.29 is 0 Å². The molecule has 0 amide bonds. The average Bonchev–Trinajstić information content (AvgIpc) is 2.25. The Morgan fingerprint density at radius 2 is 2.13 bits per heavy atom. The summed E-state index contributed by atoms with van der Waals surface area (Å²) in [6.07, 6.45) is 4.87. The molecule has 0 fully saturated rings. The van der Waals surface area contributed by atoms with Crippen molar-refractivity contribution in [3.8, 4) is 0 Å². The lowest BCUT2D eigenvalue weighted by atomic mass is 10.4. The summed E-state index contributed by atoms with van der Waals surface area (Å²) < 4.78 is 0. The van der Waals surface area contributed by atoms with Crippen LogP contribution in [0.4, 0.5) is 5.69 Å². The fourth-order valence-electron chi connectivity index (χ4n) is 0.948. The Morgan fingerprint density at radius 1 is 1.27 bits per heavy atom. The van der Waals surface area contributed by atoms with Crippen LogP contribution in [0.2, 0.25) is 5.15 Å². The van der Waals surface area contributed by atoms with Crippen molar-refractivity contribution in [2.75, 3.05) is 5.73 Å². The Labute approximate surface area is 95.9 Å². The quantitative estimate of drug-likeness (QED) is 0.813. The zero-order chi connectivity index (χ0) is 10.7. The highest BCUT2D eigenvalue weighted by Gasteiger charge is 2.05. The van der Waals surface area contributed by atoms with Gasteiger partial charge >= 0.3 is 0 Å². The molecule has 15 heavy (non-hydrogen) atoms. The number of rotatable bonds is 2. The molecular weight excluding hydrogens is 232 g/mol. The number of hydrogen-bond donors (Lipinski definition) is 1. The van der Waals surface area contributed by atoms with Gasteiger partial charge in [-0.2, -0.15) is 0 Å². The van der Waals surface area contributed by atoms with Gasteiger partial charge in [0.15, 0.2) is 0 Å². The first-order valence-corrected chi connectivity index (χ1v) is 5.31. The minimum atomic E-state index is 0.413. The van der Waals surface area contributed by atoms with Gasteiger partial charge in [-0.1, -0.05) is 11.6 Å². The molecule has 0 aliphatic carbocycles. The zero-order valence-electron chi connectivity index (χ0n) is 7.59. The third kappa shape index (κ3) is 2.57. The summed E-state index contributed by atoms with van der Waals surface area (Å²) in [5.41, 5.74) is 6.33. The van der Waals surface area contributed by atoms with Crippen molar-refractivity contribution in [3.05, 3.63) is 35.9 Å². The second-order valence-corrected chi connectivity index (χ2v) is 4.07. The van der Waals surface area contributed by atoms with Crippen LogP contribution in [0.1, 0.15) is 0 Å². The van der Waals surface area contributed by atoms with Crippen molar-refractivity contribution in [1.29, 1.82) is 0 Å². The van der Waals surface area contributed by atoms with E-state index < -0.39 is 0 Å². The SMILES string of the molecule is Nc1ccc(Cl)nc1Sc1cnccn1. The molecule has 4 nitrogen and oxygen atoms in total. The molecule has 2 aromatic heterocycles. The maximum absolute atomic E-state index is 5.77. The van der Waals surface area contributed by atoms with Crippen molar-refractivity contribution in [1.82, 2.24) is 15.0 Å². The van der Waals surface area contributed by atoms with Crippen molar-refractivity contribution >= 4 is 29.1 Å². The van der Waals surface area contributed by atoms with E-state index in [0.717, 1.165) is 5.03 Å². The van der Waals surface area contributed by atoms with E-state index in [-0.39, 0.29) is 0 Å². The molecule has 0 aliphatic rings. The number of hydrogen-bond acceptors (Lipinski definition) is 5. The van der Waals surface area contributed by atoms with Gasteiger partial charge in [-0.3, -0.25) is 4.98 Å². The summed E-state index contributed by atoms with van der Waals surface area (Å²) >= 11 is 7.10. The first kappa shape index (κ1) is 10.2. The number of pyridine rings is 1. The molecular formula is C9H7ClN4S. The molecule has 0 aromatic carbocycles. The van der Waals surface area contributed by atoms with Crippen molar-refractivity contribution in [2.24, 2.45) is 0 Å². The van der Waals surface area contributed by atoms with E-state index in [2.05, 4.69) is 15.0 Å². The first-order chi connectivity index (χ1) is 7.25. The fourth-order valence-corrected chi connectivity index (χ4v) is 1.90. The van der Waals surface area contributed by atoms with Crippen LogP contribution in [-0.2, 0) is 0 Å². The van der Waals surface area contributed by atoms with Gasteiger partial charge in [-0.25, -0.2) is 9.97 Å². The highest BCUT2D eigenvalue weighted by Crippen LogP contribution is 2.29. The maximum atomic E-state index is 5.77.